The molecule has 0 fully saturated rings. The quantitative estimate of drug-likeness (QED) is 0.495. The minimum absolute atomic E-state index is 0.134. The SMILES string of the molecule is Cn1c(=O)c2ccc(C(=O)Nc3ccc4c(c3)Cc3ccccc3-4)nc2n(C)c1=O. The lowest BCUT2D eigenvalue weighted by Gasteiger charge is -2.10. The zero-order chi connectivity index (χ0) is 21.0. The number of anilines is 1. The molecule has 7 heteroatoms. The zero-order valence-corrected chi connectivity index (χ0v) is 16.5. The van der Waals surface area contributed by atoms with Crippen molar-refractivity contribution < 1.29 is 4.79 Å². The van der Waals surface area contributed by atoms with Gasteiger partial charge in [-0.2, -0.15) is 0 Å². The van der Waals surface area contributed by atoms with Crippen LogP contribution in [0.3, 0.4) is 0 Å². The van der Waals surface area contributed by atoms with Crippen molar-refractivity contribution in [1.82, 2.24) is 14.1 Å². The summed E-state index contributed by atoms with van der Waals surface area (Å²) in [5.41, 5.74) is 4.89. The minimum atomic E-state index is -0.490. The van der Waals surface area contributed by atoms with Crippen LogP contribution in [-0.4, -0.2) is 20.0 Å². The Bertz CT molecular complexity index is 1480. The van der Waals surface area contributed by atoms with E-state index in [0.717, 1.165) is 16.6 Å². The molecule has 1 amide bonds. The molecule has 2 aromatic heterocycles. The number of aromatic nitrogens is 3. The van der Waals surface area contributed by atoms with Crippen LogP contribution in [0.2, 0.25) is 0 Å². The van der Waals surface area contributed by atoms with Gasteiger partial charge in [0.2, 0.25) is 0 Å². The number of amides is 1. The van der Waals surface area contributed by atoms with Crippen LogP contribution in [0, 0.1) is 0 Å². The third kappa shape index (κ3) is 2.67. The summed E-state index contributed by atoms with van der Waals surface area (Å²) in [6, 6.07) is 17.1. The smallest absolute Gasteiger partial charge is 0.321 e. The van der Waals surface area contributed by atoms with E-state index in [4.69, 9.17) is 0 Å². The fourth-order valence-electron chi connectivity index (χ4n) is 4.00. The van der Waals surface area contributed by atoms with E-state index in [-0.39, 0.29) is 16.7 Å². The van der Waals surface area contributed by atoms with Gasteiger partial charge in [0.1, 0.15) is 11.3 Å². The highest BCUT2D eigenvalue weighted by Crippen LogP contribution is 2.37. The van der Waals surface area contributed by atoms with E-state index in [1.54, 1.807) is 0 Å². The molecule has 2 heterocycles. The third-order valence-corrected chi connectivity index (χ3v) is 5.59. The highest BCUT2D eigenvalue weighted by molar-refractivity contribution is 6.04. The molecule has 4 aromatic rings. The van der Waals surface area contributed by atoms with Crippen LogP contribution in [-0.2, 0) is 20.5 Å². The maximum Gasteiger partial charge on any atom is 0.332 e. The molecule has 1 N–H and O–H groups in total. The average Bonchev–Trinajstić information content (AvgIpc) is 3.13. The average molecular weight is 398 g/mol. The second kappa shape index (κ2) is 6.52. The monoisotopic (exact) mass is 398 g/mol. The van der Waals surface area contributed by atoms with E-state index in [0.29, 0.717) is 5.69 Å². The molecule has 1 aliphatic carbocycles. The molecule has 5 rings (SSSR count). The number of hydrogen-bond donors (Lipinski definition) is 1. The predicted molar refractivity (Wildman–Crippen MR) is 115 cm³/mol. The van der Waals surface area contributed by atoms with E-state index >= 15 is 0 Å². The maximum absolute atomic E-state index is 12.8. The van der Waals surface area contributed by atoms with Gasteiger partial charge in [-0.1, -0.05) is 30.3 Å². The van der Waals surface area contributed by atoms with E-state index in [1.807, 2.05) is 30.3 Å². The summed E-state index contributed by atoms with van der Waals surface area (Å²) in [6.45, 7) is 0. The van der Waals surface area contributed by atoms with Gasteiger partial charge in [0, 0.05) is 19.8 Å². The second-order valence-electron chi connectivity index (χ2n) is 7.43. The molecule has 148 valence electrons. The van der Waals surface area contributed by atoms with Crippen molar-refractivity contribution in [3.05, 3.63) is 92.3 Å². The first-order chi connectivity index (χ1) is 14.4. The van der Waals surface area contributed by atoms with Gasteiger partial charge in [0.15, 0.2) is 0 Å². The Kier molecular flexibility index (Phi) is 3.92. The summed E-state index contributed by atoms with van der Waals surface area (Å²) in [4.78, 5) is 41.5. The molecule has 0 atom stereocenters. The molecular weight excluding hydrogens is 380 g/mol. The van der Waals surface area contributed by atoms with Gasteiger partial charge in [-0.05, 0) is 52.9 Å². The largest absolute Gasteiger partial charge is 0.332 e. The molecular formula is C23H18N4O3. The number of nitrogens with zero attached hydrogens (tertiary/aromatic N) is 3. The minimum Gasteiger partial charge on any atom is -0.321 e. The Labute approximate surface area is 171 Å². The number of rotatable bonds is 2. The van der Waals surface area contributed by atoms with Crippen LogP contribution in [0.15, 0.2) is 64.2 Å². The fourth-order valence-corrected chi connectivity index (χ4v) is 4.00. The van der Waals surface area contributed by atoms with Gasteiger partial charge in [-0.15, -0.1) is 0 Å². The first-order valence-electron chi connectivity index (χ1n) is 9.53. The Balaban J connectivity index is 1.48. The zero-order valence-electron chi connectivity index (χ0n) is 16.5. The van der Waals surface area contributed by atoms with Gasteiger partial charge >= 0.3 is 5.69 Å². The van der Waals surface area contributed by atoms with E-state index < -0.39 is 17.2 Å². The number of pyridine rings is 1. The van der Waals surface area contributed by atoms with Crippen molar-refractivity contribution in [3.8, 4) is 11.1 Å². The summed E-state index contributed by atoms with van der Waals surface area (Å²) < 4.78 is 2.28. The number of benzene rings is 2. The topological polar surface area (TPSA) is 86.0 Å². The van der Waals surface area contributed by atoms with E-state index in [9.17, 15) is 14.4 Å². The molecule has 0 spiro atoms. The molecule has 7 nitrogen and oxygen atoms in total. The Morgan fingerprint density at radius 2 is 1.70 bits per heavy atom. The standard InChI is InChI=1S/C23H18N4O3/c1-26-20-18(22(29)27(2)23(26)30)9-10-19(25-20)21(28)24-15-7-8-17-14(12-15)11-13-5-3-4-6-16(13)17/h3-10,12H,11H2,1-2H3,(H,24,28). The van der Waals surface area contributed by atoms with Crippen molar-refractivity contribution in [2.24, 2.45) is 14.1 Å². The Hall–Kier alpha value is -4.00. The summed E-state index contributed by atoms with van der Waals surface area (Å²) in [5.74, 6) is -0.402. The number of nitrogens with one attached hydrogen (secondary N) is 1. The van der Waals surface area contributed by atoms with Crippen LogP contribution in [0.25, 0.3) is 22.2 Å². The number of carbonyl (C=O) groups is 1. The highest BCUT2D eigenvalue weighted by Gasteiger charge is 2.19. The molecule has 0 saturated heterocycles. The third-order valence-electron chi connectivity index (χ3n) is 5.59. The summed E-state index contributed by atoms with van der Waals surface area (Å²) in [6.07, 6.45) is 0.828. The fraction of sp³-hybridized carbons (Fsp3) is 0.130. The molecule has 30 heavy (non-hydrogen) atoms. The van der Waals surface area contributed by atoms with Crippen LogP contribution < -0.4 is 16.6 Å². The van der Waals surface area contributed by atoms with Crippen LogP contribution >= 0.6 is 0 Å². The molecule has 0 bridgehead atoms. The lowest BCUT2D eigenvalue weighted by Crippen LogP contribution is -2.37. The van der Waals surface area contributed by atoms with Crippen LogP contribution in [0.5, 0.6) is 0 Å². The lowest BCUT2D eigenvalue weighted by molar-refractivity contribution is 0.102. The summed E-state index contributed by atoms with van der Waals surface area (Å²) >= 11 is 0. The summed E-state index contributed by atoms with van der Waals surface area (Å²) in [5, 5.41) is 3.15. The molecule has 0 saturated carbocycles. The first-order valence-corrected chi connectivity index (χ1v) is 9.53. The Morgan fingerprint density at radius 1 is 0.933 bits per heavy atom. The second-order valence-corrected chi connectivity index (χ2v) is 7.43. The number of hydrogen-bond acceptors (Lipinski definition) is 4. The Morgan fingerprint density at radius 3 is 2.53 bits per heavy atom. The number of fused-ring (bicyclic) bond motifs is 4. The molecule has 2 aromatic carbocycles. The van der Waals surface area contributed by atoms with Crippen molar-refractivity contribution in [1.29, 1.82) is 0 Å². The van der Waals surface area contributed by atoms with Gasteiger partial charge in [0.25, 0.3) is 11.5 Å². The lowest BCUT2D eigenvalue weighted by atomic mass is 10.1. The van der Waals surface area contributed by atoms with Crippen molar-refractivity contribution in [3.63, 3.8) is 0 Å². The number of carbonyl (C=O) groups excluding carboxylic acids is 1. The maximum atomic E-state index is 12.8. The molecule has 1 aliphatic rings. The molecule has 0 radical (unpaired) electrons. The van der Waals surface area contributed by atoms with Crippen LogP contribution in [0.1, 0.15) is 21.6 Å². The number of aryl methyl sites for hydroxylation is 1. The van der Waals surface area contributed by atoms with Gasteiger partial charge < -0.3 is 5.32 Å². The van der Waals surface area contributed by atoms with Gasteiger partial charge in [-0.25, -0.2) is 9.78 Å². The van der Waals surface area contributed by atoms with Gasteiger partial charge in [0.05, 0.1) is 5.39 Å². The van der Waals surface area contributed by atoms with Crippen LogP contribution in [0.4, 0.5) is 5.69 Å². The van der Waals surface area contributed by atoms with Crippen molar-refractivity contribution in [2.75, 3.05) is 5.32 Å². The first kappa shape index (κ1) is 18.1. The predicted octanol–water partition coefficient (Wildman–Crippen LogP) is 2.46. The van der Waals surface area contributed by atoms with Crippen molar-refractivity contribution in [2.45, 2.75) is 6.42 Å². The summed E-state index contributed by atoms with van der Waals surface area (Å²) in [7, 11) is 2.94. The normalized spacial score (nSPS) is 11.9. The molecule has 0 unspecified atom stereocenters. The van der Waals surface area contributed by atoms with E-state index in [1.165, 1.54) is 47.5 Å². The van der Waals surface area contributed by atoms with E-state index in [2.05, 4.69) is 22.4 Å². The highest BCUT2D eigenvalue weighted by atomic mass is 16.2. The molecule has 0 aliphatic heterocycles. The van der Waals surface area contributed by atoms with Gasteiger partial charge in [-0.3, -0.25) is 18.7 Å². The van der Waals surface area contributed by atoms with Crippen molar-refractivity contribution >= 4 is 22.6 Å².